The van der Waals surface area contributed by atoms with Crippen LogP contribution < -0.4 is 11.1 Å². The van der Waals surface area contributed by atoms with Gasteiger partial charge in [0, 0.05) is 18.0 Å². The van der Waals surface area contributed by atoms with Crippen molar-refractivity contribution in [3.05, 3.63) is 0 Å². The van der Waals surface area contributed by atoms with Crippen LogP contribution >= 0.6 is 12.2 Å². The van der Waals surface area contributed by atoms with E-state index in [0.29, 0.717) is 5.92 Å². The van der Waals surface area contributed by atoms with Crippen LogP contribution in [0.15, 0.2) is 0 Å². The Bertz CT molecular complexity index is 174. The predicted molar refractivity (Wildman–Crippen MR) is 44.9 cm³/mol. The minimum Gasteiger partial charge on any atom is -0.379 e. The molecule has 1 atom stereocenters. The van der Waals surface area contributed by atoms with Gasteiger partial charge >= 0.3 is 0 Å². The molecule has 56 valence electrons. The molecule has 2 fully saturated rings. The largest absolute Gasteiger partial charge is 0.379 e. The Morgan fingerprint density at radius 1 is 1.60 bits per heavy atom. The monoisotopic (exact) mass is 156 g/mol. The molecule has 0 aromatic heterocycles. The summed E-state index contributed by atoms with van der Waals surface area (Å²) in [7, 11) is 0. The van der Waals surface area contributed by atoms with E-state index in [2.05, 4.69) is 5.32 Å². The van der Waals surface area contributed by atoms with Gasteiger partial charge in [0.25, 0.3) is 0 Å². The molecule has 0 radical (unpaired) electrons. The second-order valence-electron chi connectivity index (χ2n) is 3.37. The minimum atomic E-state index is 0.0978. The van der Waals surface area contributed by atoms with E-state index >= 15 is 0 Å². The molecule has 0 aromatic carbocycles. The van der Waals surface area contributed by atoms with Crippen molar-refractivity contribution < 1.29 is 0 Å². The van der Waals surface area contributed by atoms with E-state index in [1.165, 1.54) is 12.8 Å². The van der Waals surface area contributed by atoms with E-state index < -0.39 is 0 Å². The van der Waals surface area contributed by atoms with Crippen molar-refractivity contribution in [1.82, 2.24) is 5.32 Å². The third kappa shape index (κ3) is 0.847. The smallest absolute Gasteiger partial charge is 0.0803 e. The van der Waals surface area contributed by atoms with Gasteiger partial charge in [-0.2, -0.15) is 0 Å². The minimum absolute atomic E-state index is 0.0978. The fourth-order valence-corrected chi connectivity index (χ4v) is 2.09. The van der Waals surface area contributed by atoms with Gasteiger partial charge in [-0.15, -0.1) is 0 Å². The van der Waals surface area contributed by atoms with Crippen LogP contribution in [0, 0.1) is 5.92 Å². The van der Waals surface area contributed by atoms with Gasteiger partial charge in [0.05, 0.1) is 4.99 Å². The number of nitrogens with two attached hydrogens (primary N) is 1. The zero-order valence-electron chi connectivity index (χ0n) is 5.89. The normalized spacial score (nSPS) is 35.7. The van der Waals surface area contributed by atoms with Crippen LogP contribution in [0.3, 0.4) is 0 Å². The molecule has 1 aliphatic carbocycles. The Morgan fingerprint density at radius 3 is 2.70 bits per heavy atom. The maximum atomic E-state index is 6.01. The van der Waals surface area contributed by atoms with Gasteiger partial charge in [0.2, 0.25) is 0 Å². The second kappa shape index (κ2) is 1.92. The van der Waals surface area contributed by atoms with Crippen molar-refractivity contribution in [3.63, 3.8) is 0 Å². The molecule has 2 nitrogen and oxygen atoms in total. The molecule has 3 N–H and O–H groups in total. The molecular weight excluding hydrogens is 144 g/mol. The zero-order chi connectivity index (χ0) is 7.19. The van der Waals surface area contributed by atoms with Gasteiger partial charge in [-0.25, -0.2) is 0 Å². The van der Waals surface area contributed by atoms with Gasteiger partial charge in [-0.1, -0.05) is 12.2 Å². The summed E-state index contributed by atoms with van der Waals surface area (Å²) < 4.78 is 0. The Kier molecular flexibility index (Phi) is 1.26. The van der Waals surface area contributed by atoms with Crippen LogP contribution in [0.1, 0.15) is 19.3 Å². The highest BCUT2D eigenvalue weighted by Crippen LogP contribution is 2.42. The van der Waals surface area contributed by atoms with Crippen molar-refractivity contribution in [3.8, 4) is 0 Å². The average Bonchev–Trinajstić information content (AvgIpc) is 2.44. The summed E-state index contributed by atoms with van der Waals surface area (Å²) in [5.74, 6) is 0.488. The Morgan fingerprint density at radius 2 is 2.30 bits per heavy atom. The lowest BCUT2D eigenvalue weighted by Crippen LogP contribution is -2.36. The summed E-state index contributed by atoms with van der Waals surface area (Å²) in [6.07, 6.45) is 3.48. The molecule has 1 saturated heterocycles. The molecule has 2 rings (SSSR count). The molecule has 10 heavy (non-hydrogen) atoms. The highest BCUT2D eigenvalue weighted by molar-refractivity contribution is 7.80. The van der Waals surface area contributed by atoms with Crippen LogP contribution in [0.5, 0.6) is 0 Å². The number of hydrogen-bond acceptors (Lipinski definition) is 2. The van der Waals surface area contributed by atoms with Crippen molar-refractivity contribution in [1.29, 1.82) is 0 Å². The molecule has 0 spiro atoms. The fourth-order valence-electron chi connectivity index (χ4n) is 1.64. The molecule has 3 heteroatoms. The first kappa shape index (κ1) is 6.55. The Labute approximate surface area is 66.2 Å². The number of rotatable bonds is 1. The van der Waals surface area contributed by atoms with Gasteiger partial charge in [0.1, 0.15) is 0 Å². The Hall–Kier alpha value is -0.150. The van der Waals surface area contributed by atoms with Crippen LogP contribution in [0.4, 0.5) is 0 Å². The highest BCUT2D eigenvalue weighted by Gasteiger charge is 2.48. The third-order valence-electron chi connectivity index (χ3n) is 2.57. The number of thiocarbonyl (C=S) groups is 1. The van der Waals surface area contributed by atoms with E-state index in [9.17, 15) is 0 Å². The van der Waals surface area contributed by atoms with Crippen molar-refractivity contribution in [2.24, 2.45) is 11.7 Å². The first-order valence-electron chi connectivity index (χ1n) is 3.79. The number of hydrogen-bond donors (Lipinski definition) is 2. The SMILES string of the molecule is NC1([C@H]2CCNC2=S)CC1. The van der Waals surface area contributed by atoms with Gasteiger partial charge < -0.3 is 11.1 Å². The average molecular weight is 156 g/mol. The fraction of sp³-hybridized carbons (Fsp3) is 0.857. The first-order valence-corrected chi connectivity index (χ1v) is 4.20. The number of nitrogens with one attached hydrogen (secondary N) is 1. The molecule has 0 amide bonds. The Balaban J connectivity index is 2.10. The molecule has 2 aliphatic rings. The van der Waals surface area contributed by atoms with Crippen LogP contribution in [-0.2, 0) is 0 Å². The predicted octanol–water partition coefficient (Wildman–Crippen LogP) is 0.415. The third-order valence-corrected chi connectivity index (χ3v) is 3.00. The summed E-state index contributed by atoms with van der Waals surface area (Å²) in [6, 6.07) is 0. The van der Waals surface area contributed by atoms with Crippen LogP contribution in [0.25, 0.3) is 0 Å². The lowest BCUT2D eigenvalue weighted by Gasteiger charge is -2.15. The van der Waals surface area contributed by atoms with E-state index in [-0.39, 0.29) is 5.54 Å². The molecule has 0 unspecified atom stereocenters. The van der Waals surface area contributed by atoms with Gasteiger partial charge in [0.15, 0.2) is 0 Å². The van der Waals surface area contributed by atoms with Crippen molar-refractivity contribution >= 4 is 17.2 Å². The summed E-state index contributed by atoms with van der Waals surface area (Å²) in [5.41, 5.74) is 6.11. The lowest BCUT2D eigenvalue weighted by atomic mass is 9.97. The van der Waals surface area contributed by atoms with E-state index in [1.54, 1.807) is 0 Å². The quantitative estimate of drug-likeness (QED) is 0.540. The summed E-state index contributed by atoms with van der Waals surface area (Å²) >= 11 is 5.14. The van der Waals surface area contributed by atoms with E-state index in [1.807, 2.05) is 0 Å². The standard InChI is InChI=1S/C7H12N2S/c8-7(2-3-7)5-1-4-9-6(5)10/h5H,1-4,8H2,(H,9,10)/t5-/m0/s1. The van der Waals surface area contributed by atoms with Crippen molar-refractivity contribution in [2.45, 2.75) is 24.8 Å². The van der Waals surface area contributed by atoms with Gasteiger partial charge in [-0.3, -0.25) is 0 Å². The molecule has 0 bridgehead atoms. The van der Waals surface area contributed by atoms with Gasteiger partial charge in [-0.05, 0) is 19.3 Å². The first-order chi connectivity index (χ1) is 4.72. The maximum Gasteiger partial charge on any atom is 0.0803 e. The van der Waals surface area contributed by atoms with E-state index in [4.69, 9.17) is 18.0 Å². The molecule has 1 heterocycles. The molecule has 0 aromatic rings. The maximum absolute atomic E-state index is 6.01. The summed E-state index contributed by atoms with van der Waals surface area (Å²) in [5, 5.41) is 3.17. The molecule has 1 aliphatic heterocycles. The lowest BCUT2D eigenvalue weighted by molar-refractivity contribution is 0.520. The second-order valence-corrected chi connectivity index (χ2v) is 3.81. The summed E-state index contributed by atoms with van der Waals surface area (Å²) in [4.78, 5) is 1.00. The topological polar surface area (TPSA) is 38.0 Å². The van der Waals surface area contributed by atoms with Crippen LogP contribution in [-0.4, -0.2) is 17.1 Å². The summed E-state index contributed by atoms with van der Waals surface area (Å²) in [6.45, 7) is 1.03. The molecular formula is C7H12N2S. The van der Waals surface area contributed by atoms with Crippen molar-refractivity contribution in [2.75, 3.05) is 6.54 Å². The van der Waals surface area contributed by atoms with Crippen LogP contribution in [0.2, 0.25) is 0 Å². The molecule has 1 saturated carbocycles. The zero-order valence-corrected chi connectivity index (χ0v) is 6.71. The van der Waals surface area contributed by atoms with E-state index in [0.717, 1.165) is 18.0 Å². The highest BCUT2D eigenvalue weighted by atomic mass is 32.1.